The summed E-state index contributed by atoms with van der Waals surface area (Å²) in [5, 5.41) is 9.28. The summed E-state index contributed by atoms with van der Waals surface area (Å²) < 4.78 is 42.0. The lowest BCUT2D eigenvalue weighted by Gasteiger charge is -2.28. The van der Waals surface area contributed by atoms with E-state index in [0.29, 0.717) is 38.4 Å². The average Bonchev–Trinajstić information content (AvgIpc) is 3.03. The monoisotopic (exact) mass is 698 g/mol. The second-order valence-electron chi connectivity index (χ2n) is 9.70. The van der Waals surface area contributed by atoms with Crippen molar-refractivity contribution in [2.75, 3.05) is 27.4 Å². The molecule has 46 heavy (non-hydrogen) atoms. The molecular formula is C32H32BrFN4O8. The highest BCUT2D eigenvalue weighted by Gasteiger charge is 2.32. The van der Waals surface area contributed by atoms with Crippen LogP contribution in [0.4, 0.5) is 9.18 Å². The molecule has 1 atom stereocenters. The van der Waals surface area contributed by atoms with Crippen LogP contribution in [-0.4, -0.2) is 51.6 Å². The lowest BCUT2D eigenvalue weighted by Crippen LogP contribution is -2.45. The number of carbonyl (C=O) groups excluding carboxylic acids is 3. The van der Waals surface area contributed by atoms with Crippen molar-refractivity contribution in [3.05, 3.63) is 92.8 Å². The van der Waals surface area contributed by atoms with E-state index < -0.39 is 23.9 Å². The van der Waals surface area contributed by atoms with E-state index in [1.54, 1.807) is 62.4 Å². The third-order valence-corrected chi connectivity index (χ3v) is 7.22. The summed E-state index contributed by atoms with van der Waals surface area (Å²) in [6.45, 7) is 3.09. The maximum absolute atomic E-state index is 14.0. The van der Waals surface area contributed by atoms with Gasteiger partial charge in [0.1, 0.15) is 12.4 Å². The number of benzene rings is 3. The van der Waals surface area contributed by atoms with Crippen LogP contribution in [0.1, 0.15) is 36.6 Å². The number of hydrogen-bond donors (Lipinski definition) is 3. The van der Waals surface area contributed by atoms with Gasteiger partial charge in [0.05, 0.1) is 43.1 Å². The van der Waals surface area contributed by atoms with Gasteiger partial charge in [0, 0.05) is 11.3 Å². The Morgan fingerprint density at radius 1 is 1.04 bits per heavy atom. The van der Waals surface area contributed by atoms with Gasteiger partial charge in [-0.2, -0.15) is 5.10 Å². The topological polar surface area (TPSA) is 146 Å². The fraction of sp³-hybridized carbons (Fsp3) is 0.250. The minimum atomic E-state index is -0.792. The van der Waals surface area contributed by atoms with E-state index in [1.165, 1.54) is 26.5 Å². The number of carbonyl (C=O) groups is 3. The number of methoxy groups -OCH3 is 2. The van der Waals surface area contributed by atoms with Gasteiger partial charge in [0.15, 0.2) is 29.6 Å². The lowest BCUT2D eigenvalue weighted by molar-refractivity contribution is -0.139. The fourth-order valence-electron chi connectivity index (χ4n) is 4.48. The zero-order valence-electron chi connectivity index (χ0n) is 25.4. The van der Waals surface area contributed by atoms with E-state index in [2.05, 4.69) is 37.1 Å². The van der Waals surface area contributed by atoms with Gasteiger partial charge in [-0.15, -0.1) is 0 Å². The van der Waals surface area contributed by atoms with Crippen molar-refractivity contribution in [3.63, 3.8) is 0 Å². The van der Waals surface area contributed by atoms with Crippen LogP contribution in [-0.2, 0) is 20.9 Å². The van der Waals surface area contributed by atoms with Gasteiger partial charge >= 0.3 is 12.0 Å². The van der Waals surface area contributed by atoms with Gasteiger partial charge in [-0.05, 0) is 71.2 Å². The van der Waals surface area contributed by atoms with Crippen LogP contribution in [0.15, 0.2) is 75.4 Å². The molecule has 1 aliphatic rings. The van der Waals surface area contributed by atoms with E-state index in [1.807, 2.05) is 0 Å². The van der Waals surface area contributed by atoms with Gasteiger partial charge in [-0.3, -0.25) is 4.79 Å². The van der Waals surface area contributed by atoms with Crippen molar-refractivity contribution in [1.82, 2.24) is 16.1 Å². The number of ether oxygens (including phenoxy) is 5. The standard InChI is InChI=1S/C32H32BrFN4O8/c1-5-44-31(40)28-18(2)36-32(41)37-29(28)20-10-11-24(25(14-20)42-3)45-17-27(39)38-35-15-19-12-22(33)30(26(13-19)43-4)46-16-21-8-6-7-9-23(21)34/h6-15,29H,5,16-17H2,1-4H3,(H,38,39)(H2,36,37,41)/b35-15-/t29-/m1/s1. The average molecular weight is 700 g/mol. The molecule has 0 unspecified atom stereocenters. The van der Waals surface area contributed by atoms with Crippen LogP contribution < -0.4 is 35.0 Å². The number of nitrogens with one attached hydrogen (secondary N) is 3. The molecule has 0 aromatic heterocycles. The molecular weight excluding hydrogens is 667 g/mol. The number of urea groups is 1. The Kier molecular flexibility index (Phi) is 11.6. The molecule has 0 aliphatic carbocycles. The van der Waals surface area contributed by atoms with Gasteiger partial charge in [0.25, 0.3) is 5.91 Å². The second-order valence-corrected chi connectivity index (χ2v) is 10.6. The number of esters is 1. The quantitative estimate of drug-likeness (QED) is 0.130. The Hall–Kier alpha value is -5.11. The molecule has 0 spiro atoms. The Bertz CT molecular complexity index is 1680. The summed E-state index contributed by atoms with van der Waals surface area (Å²) in [4.78, 5) is 37.3. The molecule has 0 saturated carbocycles. The molecule has 3 N–H and O–H groups in total. The molecule has 12 nitrogen and oxygen atoms in total. The Morgan fingerprint density at radius 3 is 2.52 bits per heavy atom. The number of allylic oxidation sites excluding steroid dienone is 1. The van der Waals surface area contributed by atoms with Crippen LogP contribution in [0.25, 0.3) is 0 Å². The van der Waals surface area contributed by atoms with Crippen LogP contribution in [0, 0.1) is 5.82 Å². The van der Waals surface area contributed by atoms with Crippen molar-refractivity contribution in [2.24, 2.45) is 5.10 Å². The van der Waals surface area contributed by atoms with E-state index in [9.17, 15) is 18.8 Å². The number of hydrazone groups is 1. The molecule has 4 rings (SSSR count). The predicted octanol–water partition coefficient (Wildman–Crippen LogP) is 4.90. The van der Waals surface area contributed by atoms with E-state index >= 15 is 0 Å². The first-order valence-electron chi connectivity index (χ1n) is 14.0. The van der Waals surface area contributed by atoms with Gasteiger partial charge in [-0.1, -0.05) is 24.3 Å². The molecule has 0 fully saturated rings. The SMILES string of the molecule is CCOC(=O)C1=C(C)NC(=O)N[C@@H]1c1ccc(OCC(=O)N/N=C\c2cc(Br)c(OCc3ccccc3F)c(OC)c2)c(OC)c1. The smallest absolute Gasteiger partial charge is 0.338 e. The largest absolute Gasteiger partial charge is 0.493 e. The highest BCUT2D eigenvalue weighted by atomic mass is 79.9. The zero-order chi connectivity index (χ0) is 33.2. The van der Waals surface area contributed by atoms with Crippen molar-refractivity contribution < 1.29 is 42.5 Å². The third kappa shape index (κ3) is 8.33. The number of hydrogen-bond acceptors (Lipinski definition) is 9. The summed E-state index contributed by atoms with van der Waals surface area (Å²) >= 11 is 3.44. The predicted molar refractivity (Wildman–Crippen MR) is 169 cm³/mol. The molecule has 3 aromatic rings. The highest BCUT2D eigenvalue weighted by Crippen LogP contribution is 2.37. The highest BCUT2D eigenvalue weighted by molar-refractivity contribution is 9.10. The van der Waals surface area contributed by atoms with Crippen molar-refractivity contribution >= 4 is 40.1 Å². The van der Waals surface area contributed by atoms with Crippen LogP contribution in [0.3, 0.4) is 0 Å². The lowest BCUT2D eigenvalue weighted by atomic mass is 9.95. The summed E-state index contributed by atoms with van der Waals surface area (Å²) in [6, 6.07) is 13.2. The molecule has 1 aliphatic heterocycles. The van der Waals surface area contributed by atoms with E-state index in [-0.39, 0.29) is 42.7 Å². The normalized spacial score (nSPS) is 14.3. The molecule has 1 heterocycles. The summed E-state index contributed by atoms with van der Waals surface area (Å²) in [5.74, 6) is -0.204. The fourth-order valence-corrected chi connectivity index (χ4v) is 5.05. The molecule has 3 amide bonds. The van der Waals surface area contributed by atoms with Crippen molar-refractivity contribution in [1.29, 1.82) is 0 Å². The van der Waals surface area contributed by atoms with Crippen molar-refractivity contribution in [2.45, 2.75) is 26.5 Å². The minimum Gasteiger partial charge on any atom is -0.493 e. The van der Waals surface area contributed by atoms with Gasteiger partial charge in [0.2, 0.25) is 0 Å². The molecule has 3 aromatic carbocycles. The molecule has 0 bridgehead atoms. The zero-order valence-corrected chi connectivity index (χ0v) is 27.0. The first-order valence-corrected chi connectivity index (χ1v) is 14.8. The first kappa shape index (κ1) is 33.8. The van der Waals surface area contributed by atoms with E-state index in [4.69, 9.17) is 23.7 Å². The maximum Gasteiger partial charge on any atom is 0.338 e. The van der Waals surface area contributed by atoms with Crippen LogP contribution >= 0.6 is 15.9 Å². The van der Waals surface area contributed by atoms with Crippen LogP contribution in [0.2, 0.25) is 0 Å². The summed E-state index contributed by atoms with van der Waals surface area (Å²) in [5.41, 5.74) is 4.53. The summed E-state index contributed by atoms with van der Waals surface area (Å²) in [7, 11) is 2.89. The third-order valence-electron chi connectivity index (χ3n) is 6.63. The number of halogens is 2. The molecule has 0 radical (unpaired) electrons. The van der Waals surface area contributed by atoms with Crippen molar-refractivity contribution in [3.8, 4) is 23.0 Å². The Labute approximate surface area is 273 Å². The number of nitrogens with zero attached hydrogens (tertiary/aromatic N) is 1. The summed E-state index contributed by atoms with van der Waals surface area (Å²) in [6.07, 6.45) is 1.41. The van der Waals surface area contributed by atoms with Gasteiger partial charge in [-0.25, -0.2) is 19.4 Å². The van der Waals surface area contributed by atoms with E-state index in [0.717, 1.165) is 0 Å². The number of amides is 3. The first-order chi connectivity index (χ1) is 22.1. The molecule has 242 valence electrons. The molecule has 0 saturated heterocycles. The molecule has 14 heteroatoms. The van der Waals surface area contributed by atoms with Crippen LogP contribution in [0.5, 0.6) is 23.0 Å². The maximum atomic E-state index is 14.0. The second kappa shape index (κ2) is 15.8. The number of rotatable bonds is 13. The Morgan fingerprint density at radius 2 is 1.80 bits per heavy atom. The Balaban J connectivity index is 1.38. The minimum absolute atomic E-state index is 0.00138. The van der Waals surface area contributed by atoms with Gasteiger partial charge < -0.3 is 34.3 Å².